The maximum Gasteiger partial charge on any atom is 0.106 e. The van der Waals surface area contributed by atoms with Crippen molar-refractivity contribution >= 4 is 22.9 Å². The Hall–Kier alpha value is -1.09. The average Bonchev–Trinajstić information content (AvgIpc) is 2.25. The van der Waals surface area contributed by atoms with E-state index in [0.717, 1.165) is 30.8 Å². The standard InChI is InChI=1S/C13H20N2S/c1-4-8-15(5-2)12-9-10(3)6-7-11(12)13(14)16/h6-7,9H,4-5,8H2,1-3H3,(H2,14,16). The molecule has 1 aromatic rings. The molecule has 3 heteroatoms. The zero-order chi connectivity index (χ0) is 12.1. The second-order valence-electron chi connectivity index (χ2n) is 3.96. The molecule has 0 bridgehead atoms. The van der Waals surface area contributed by atoms with Gasteiger partial charge in [-0.05, 0) is 38.0 Å². The highest BCUT2D eigenvalue weighted by molar-refractivity contribution is 7.80. The number of anilines is 1. The van der Waals surface area contributed by atoms with Gasteiger partial charge in [-0.15, -0.1) is 0 Å². The first-order valence-electron chi connectivity index (χ1n) is 5.75. The van der Waals surface area contributed by atoms with Gasteiger partial charge in [0, 0.05) is 24.3 Å². The molecule has 0 aliphatic carbocycles. The fourth-order valence-corrected chi connectivity index (χ4v) is 2.00. The highest BCUT2D eigenvalue weighted by Crippen LogP contribution is 2.22. The van der Waals surface area contributed by atoms with Gasteiger partial charge in [-0.3, -0.25) is 0 Å². The molecule has 0 spiro atoms. The molecule has 0 unspecified atom stereocenters. The molecule has 0 aliphatic heterocycles. The van der Waals surface area contributed by atoms with E-state index < -0.39 is 0 Å². The summed E-state index contributed by atoms with van der Waals surface area (Å²) in [4.78, 5) is 2.80. The van der Waals surface area contributed by atoms with E-state index in [-0.39, 0.29) is 0 Å². The van der Waals surface area contributed by atoms with Crippen LogP contribution >= 0.6 is 12.2 Å². The minimum Gasteiger partial charge on any atom is -0.389 e. The van der Waals surface area contributed by atoms with E-state index in [9.17, 15) is 0 Å². The first-order valence-corrected chi connectivity index (χ1v) is 6.16. The van der Waals surface area contributed by atoms with Crippen LogP contribution in [0.25, 0.3) is 0 Å². The second kappa shape index (κ2) is 5.85. The normalized spacial score (nSPS) is 10.2. The largest absolute Gasteiger partial charge is 0.389 e. The van der Waals surface area contributed by atoms with Crippen LogP contribution < -0.4 is 10.6 Å². The van der Waals surface area contributed by atoms with E-state index in [0.29, 0.717) is 4.99 Å². The van der Waals surface area contributed by atoms with Gasteiger partial charge >= 0.3 is 0 Å². The highest BCUT2D eigenvalue weighted by Gasteiger charge is 2.10. The van der Waals surface area contributed by atoms with Gasteiger partial charge in [0.15, 0.2) is 0 Å². The van der Waals surface area contributed by atoms with Gasteiger partial charge in [-0.1, -0.05) is 25.2 Å². The van der Waals surface area contributed by atoms with Crippen molar-refractivity contribution in [3.63, 3.8) is 0 Å². The SMILES string of the molecule is CCCN(CC)c1cc(C)ccc1C(N)=S. The molecular weight excluding hydrogens is 216 g/mol. The molecule has 16 heavy (non-hydrogen) atoms. The van der Waals surface area contributed by atoms with E-state index in [1.165, 1.54) is 5.56 Å². The number of hydrogen-bond donors (Lipinski definition) is 1. The molecule has 0 saturated carbocycles. The minimum absolute atomic E-state index is 0.476. The Morgan fingerprint density at radius 1 is 1.38 bits per heavy atom. The number of nitrogens with zero attached hydrogens (tertiary/aromatic N) is 1. The number of benzene rings is 1. The van der Waals surface area contributed by atoms with Gasteiger partial charge in [0.2, 0.25) is 0 Å². The van der Waals surface area contributed by atoms with Gasteiger partial charge in [-0.25, -0.2) is 0 Å². The summed E-state index contributed by atoms with van der Waals surface area (Å²) in [6.07, 6.45) is 1.12. The van der Waals surface area contributed by atoms with Crippen molar-refractivity contribution < 1.29 is 0 Å². The number of rotatable bonds is 5. The fraction of sp³-hybridized carbons (Fsp3) is 0.462. The lowest BCUT2D eigenvalue weighted by atomic mass is 10.1. The summed E-state index contributed by atoms with van der Waals surface area (Å²) in [6, 6.07) is 6.23. The van der Waals surface area contributed by atoms with Crippen molar-refractivity contribution in [3.8, 4) is 0 Å². The quantitative estimate of drug-likeness (QED) is 0.797. The van der Waals surface area contributed by atoms with E-state index in [1.54, 1.807) is 0 Å². The highest BCUT2D eigenvalue weighted by atomic mass is 32.1. The molecule has 0 atom stereocenters. The summed E-state index contributed by atoms with van der Waals surface area (Å²) < 4.78 is 0. The van der Waals surface area contributed by atoms with Crippen molar-refractivity contribution in [2.45, 2.75) is 27.2 Å². The molecular formula is C13H20N2S. The summed E-state index contributed by atoms with van der Waals surface area (Å²) in [5.74, 6) is 0. The van der Waals surface area contributed by atoms with E-state index in [4.69, 9.17) is 18.0 Å². The molecule has 0 aliphatic rings. The monoisotopic (exact) mass is 236 g/mol. The second-order valence-corrected chi connectivity index (χ2v) is 4.40. The van der Waals surface area contributed by atoms with Gasteiger partial charge in [-0.2, -0.15) is 0 Å². The Morgan fingerprint density at radius 2 is 2.06 bits per heavy atom. The number of thiocarbonyl (C=S) groups is 1. The Labute approximate surface area is 103 Å². The molecule has 0 saturated heterocycles. The maximum absolute atomic E-state index is 5.76. The number of aryl methyl sites for hydroxylation is 1. The molecule has 2 N–H and O–H groups in total. The van der Waals surface area contributed by atoms with E-state index in [2.05, 4.69) is 37.8 Å². The summed E-state index contributed by atoms with van der Waals surface area (Å²) >= 11 is 5.10. The van der Waals surface area contributed by atoms with Crippen LogP contribution in [0.2, 0.25) is 0 Å². The molecule has 1 aromatic carbocycles. The molecule has 0 fully saturated rings. The summed E-state index contributed by atoms with van der Waals surface area (Å²) in [6.45, 7) is 8.44. The third kappa shape index (κ3) is 2.95. The number of hydrogen-bond acceptors (Lipinski definition) is 2. The number of nitrogens with two attached hydrogens (primary N) is 1. The molecule has 1 rings (SSSR count). The van der Waals surface area contributed by atoms with Crippen molar-refractivity contribution in [2.75, 3.05) is 18.0 Å². The lowest BCUT2D eigenvalue weighted by molar-refractivity contribution is 0.791. The first-order chi connectivity index (χ1) is 7.60. The molecule has 0 heterocycles. The zero-order valence-electron chi connectivity index (χ0n) is 10.3. The van der Waals surface area contributed by atoms with Gasteiger partial charge in [0.05, 0.1) is 0 Å². The van der Waals surface area contributed by atoms with Crippen LogP contribution in [0.1, 0.15) is 31.4 Å². The minimum atomic E-state index is 0.476. The van der Waals surface area contributed by atoms with Crippen LogP contribution in [-0.4, -0.2) is 18.1 Å². The summed E-state index contributed by atoms with van der Waals surface area (Å²) in [7, 11) is 0. The average molecular weight is 236 g/mol. The van der Waals surface area contributed by atoms with E-state index >= 15 is 0 Å². The van der Waals surface area contributed by atoms with Crippen LogP contribution in [0.5, 0.6) is 0 Å². The zero-order valence-corrected chi connectivity index (χ0v) is 11.1. The van der Waals surface area contributed by atoms with Crippen LogP contribution in [-0.2, 0) is 0 Å². The van der Waals surface area contributed by atoms with Crippen LogP contribution in [0.15, 0.2) is 18.2 Å². The van der Waals surface area contributed by atoms with Crippen molar-refractivity contribution in [2.24, 2.45) is 5.73 Å². The van der Waals surface area contributed by atoms with Crippen LogP contribution in [0, 0.1) is 6.92 Å². The Morgan fingerprint density at radius 3 is 2.56 bits per heavy atom. The predicted octanol–water partition coefficient (Wildman–Crippen LogP) is 2.87. The topological polar surface area (TPSA) is 29.3 Å². The molecule has 2 nitrogen and oxygen atoms in total. The van der Waals surface area contributed by atoms with Crippen molar-refractivity contribution in [3.05, 3.63) is 29.3 Å². The molecule has 0 amide bonds. The smallest absolute Gasteiger partial charge is 0.106 e. The Kier molecular flexibility index (Phi) is 4.74. The van der Waals surface area contributed by atoms with E-state index in [1.807, 2.05) is 6.07 Å². The lowest BCUT2D eigenvalue weighted by Crippen LogP contribution is -2.26. The predicted molar refractivity (Wildman–Crippen MR) is 75.2 cm³/mol. The molecule has 0 radical (unpaired) electrons. The maximum atomic E-state index is 5.76. The van der Waals surface area contributed by atoms with Crippen LogP contribution in [0.3, 0.4) is 0 Å². The Bertz CT molecular complexity index is 374. The van der Waals surface area contributed by atoms with Gasteiger partial charge in [0.1, 0.15) is 4.99 Å². The van der Waals surface area contributed by atoms with Crippen molar-refractivity contribution in [1.82, 2.24) is 0 Å². The molecule has 88 valence electrons. The third-order valence-electron chi connectivity index (χ3n) is 2.63. The van der Waals surface area contributed by atoms with Crippen molar-refractivity contribution in [1.29, 1.82) is 0 Å². The summed E-state index contributed by atoms with van der Waals surface area (Å²) in [5.41, 5.74) is 9.14. The lowest BCUT2D eigenvalue weighted by Gasteiger charge is -2.25. The van der Waals surface area contributed by atoms with Crippen LogP contribution in [0.4, 0.5) is 5.69 Å². The van der Waals surface area contributed by atoms with Gasteiger partial charge in [0.25, 0.3) is 0 Å². The first kappa shape index (κ1) is 13.0. The summed E-state index contributed by atoms with van der Waals surface area (Å²) in [5, 5.41) is 0. The Balaban J connectivity index is 3.16. The fourth-order valence-electron chi connectivity index (χ4n) is 1.83. The molecule has 0 aromatic heterocycles. The third-order valence-corrected chi connectivity index (χ3v) is 2.85. The van der Waals surface area contributed by atoms with Gasteiger partial charge < -0.3 is 10.6 Å².